The van der Waals surface area contributed by atoms with E-state index >= 15 is 0 Å². The van der Waals surface area contributed by atoms with E-state index in [1.54, 1.807) is 0 Å². The van der Waals surface area contributed by atoms with Gasteiger partial charge in [-0.05, 0) is 18.4 Å². The van der Waals surface area contributed by atoms with Gasteiger partial charge in [-0.2, -0.15) is 0 Å². The molecule has 1 aromatic carbocycles. The van der Waals surface area contributed by atoms with Gasteiger partial charge in [0.05, 0.1) is 5.69 Å². The number of rotatable bonds is 4. The number of aromatic amines is 1. The molecule has 4 nitrogen and oxygen atoms in total. The van der Waals surface area contributed by atoms with E-state index in [2.05, 4.69) is 35.9 Å². The molecule has 23 heavy (non-hydrogen) atoms. The smallest absolute Gasteiger partial charge is 0.226 e. The van der Waals surface area contributed by atoms with Gasteiger partial charge in [-0.15, -0.1) is 0 Å². The molecule has 1 aliphatic carbocycles. The van der Waals surface area contributed by atoms with Crippen molar-refractivity contribution in [2.75, 3.05) is 7.05 Å². The molecule has 0 fully saturated rings. The Kier molecular flexibility index (Phi) is 4.51. The van der Waals surface area contributed by atoms with Crippen LogP contribution >= 0.6 is 0 Å². The third kappa shape index (κ3) is 3.46. The number of fused-ring (bicyclic) bond motifs is 1. The average Bonchev–Trinajstić information content (AvgIpc) is 2.98. The molecule has 1 aliphatic rings. The Hall–Kier alpha value is -2.10. The van der Waals surface area contributed by atoms with E-state index in [0.717, 1.165) is 36.5 Å². The standard InChI is InChI=1S/C19H25N3O/c1-13(2)18-20-16-10-9-15(11-17(16)21-18)19(23)22(3)12-14-7-5-4-6-8-14/h4-8,13,15H,9-12H2,1-3H3,(H,20,21)/t15-/m1/s1. The number of carbonyl (C=O) groups is 1. The van der Waals surface area contributed by atoms with Crippen molar-refractivity contribution < 1.29 is 4.79 Å². The number of nitrogens with zero attached hydrogens (tertiary/aromatic N) is 2. The second-order valence-electron chi connectivity index (χ2n) is 6.82. The van der Waals surface area contributed by atoms with E-state index in [-0.39, 0.29) is 11.8 Å². The molecule has 1 amide bonds. The van der Waals surface area contributed by atoms with E-state index in [1.807, 2.05) is 30.1 Å². The van der Waals surface area contributed by atoms with Crippen LogP contribution < -0.4 is 0 Å². The molecule has 0 bridgehead atoms. The van der Waals surface area contributed by atoms with Gasteiger partial charge in [-0.3, -0.25) is 4.79 Å². The maximum Gasteiger partial charge on any atom is 0.226 e. The second-order valence-corrected chi connectivity index (χ2v) is 6.82. The van der Waals surface area contributed by atoms with Crippen LogP contribution in [0.25, 0.3) is 0 Å². The summed E-state index contributed by atoms with van der Waals surface area (Å²) in [6, 6.07) is 10.1. The lowest BCUT2D eigenvalue weighted by Crippen LogP contribution is -2.35. The Morgan fingerprint density at radius 2 is 2.09 bits per heavy atom. The SMILES string of the molecule is CC(C)c1nc2c([nH]1)C[C@H](C(=O)N(C)Cc1ccccc1)CC2. The Labute approximate surface area is 137 Å². The number of amides is 1. The first-order chi connectivity index (χ1) is 11.0. The summed E-state index contributed by atoms with van der Waals surface area (Å²) in [7, 11) is 1.90. The van der Waals surface area contributed by atoms with Crippen molar-refractivity contribution in [3.05, 3.63) is 53.1 Å². The number of benzene rings is 1. The lowest BCUT2D eigenvalue weighted by atomic mass is 9.89. The summed E-state index contributed by atoms with van der Waals surface area (Å²) in [6.45, 7) is 4.95. The number of hydrogen-bond acceptors (Lipinski definition) is 2. The van der Waals surface area contributed by atoms with Crippen LogP contribution in [0.15, 0.2) is 30.3 Å². The summed E-state index contributed by atoms with van der Waals surface area (Å²) < 4.78 is 0. The van der Waals surface area contributed by atoms with Crippen LogP contribution in [-0.4, -0.2) is 27.8 Å². The maximum absolute atomic E-state index is 12.7. The van der Waals surface area contributed by atoms with Crippen molar-refractivity contribution in [1.82, 2.24) is 14.9 Å². The molecule has 0 radical (unpaired) electrons. The third-order valence-corrected chi connectivity index (χ3v) is 4.60. The molecule has 1 N–H and O–H groups in total. The fraction of sp³-hybridized carbons (Fsp3) is 0.474. The van der Waals surface area contributed by atoms with Crippen LogP contribution in [0.2, 0.25) is 0 Å². The van der Waals surface area contributed by atoms with Crippen molar-refractivity contribution in [2.24, 2.45) is 5.92 Å². The number of aromatic nitrogens is 2. The number of hydrogen-bond donors (Lipinski definition) is 1. The lowest BCUT2D eigenvalue weighted by Gasteiger charge is -2.26. The van der Waals surface area contributed by atoms with Crippen LogP contribution in [-0.2, 0) is 24.2 Å². The molecule has 4 heteroatoms. The second kappa shape index (κ2) is 6.57. The minimum atomic E-state index is 0.0664. The maximum atomic E-state index is 12.7. The highest BCUT2D eigenvalue weighted by molar-refractivity contribution is 5.79. The largest absolute Gasteiger partial charge is 0.345 e. The highest BCUT2D eigenvalue weighted by Crippen LogP contribution is 2.27. The molecular formula is C19H25N3O. The molecule has 0 saturated heterocycles. The zero-order chi connectivity index (χ0) is 16.4. The van der Waals surface area contributed by atoms with Crippen LogP contribution in [0.1, 0.15) is 49.0 Å². The van der Waals surface area contributed by atoms with Gasteiger partial charge in [0.25, 0.3) is 0 Å². The topological polar surface area (TPSA) is 49.0 Å². The van der Waals surface area contributed by atoms with Crippen molar-refractivity contribution in [2.45, 2.75) is 45.6 Å². The van der Waals surface area contributed by atoms with Gasteiger partial charge in [0.15, 0.2) is 0 Å². The molecule has 0 aliphatic heterocycles. The van der Waals surface area contributed by atoms with E-state index in [0.29, 0.717) is 12.5 Å². The molecule has 0 saturated carbocycles. The van der Waals surface area contributed by atoms with Gasteiger partial charge >= 0.3 is 0 Å². The summed E-state index contributed by atoms with van der Waals surface area (Å²) in [4.78, 5) is 22.7. The predicted molar refractivity (Wildman–Crippen MR) is 91.1 cm³/mol. The molecule has 1 heterocycles. The van der Waals surface area contributed by atoms with Gasteiger partial charge in [-0.1, -0.05) is 44.2 Å². The Morgan fingerprint density at radius 1 is 1.35 bits per heavy atom. The number of aryl methyl sites for hydroxylation is 1. The third-order valence-electron chi connectivity index (χ3n) is 4.60. The van der Waals surface area contributed by atoms with Crippen LogP contribution in [0.4, 0.5) is 0 Å². The Balaban J connectivity index is 1.66. The summed E-state index contributed by atoms with van der Waals surface area (Å²) in [5.41, 5.74) is 3.48. The lowest BCUT2D eigenvalue weighted by molar-refractivity contribution is -0.135. The minimum absolute atomic E-state index is 0.0664. The first-order valence-corrected chi connectivity index (χ1v) is 8.41. The fourth-order valence-corrected chi connectivity index (χ4v) is 3.23. The first-order valence-electron chi connectivity index (χ1n) is 8.41. The summed E-state index contributed by atoms with van der Waals surface area (Å²) in [6.07, 6.45) is 2.58. The molecular weight excluding hydrogens is 286 g/mol. The van der Waals surface area contributed by atoms with Crippen molar-refractivity contribution >= 4 is 5.91 Å². The van der Waals surface area contributed by atoms with Crippen LogP contribution in [0.5, 0.6) is 0 Å². The molecule has 3 rings (SSSR count). The van der Waals surface area contributed by atoms with Gasteiger partial charge in [0.1, 0.15) is 5.82 Å². The summed E-state index contributed by atoms with van der Waals surface area (Å²) in [5, 5.41) is 0. The number of imidazole rings is 1. The zero-order valence-corrected chi connectivity index (χ0v) is 14.2. The van der Waals surface area contributed by atoms with Gasteiger partial charge in [-0.25, -0.2) is 4.98 Å². The number of carbonyl (C=O) groups excluding carboxylic acids is 1. The monoisotopic (exact) mass is 311 g/mol. The summed E-state index contributed by atoms with van der Waals surface area (Å²) >= 11 is 0. The van der Waals surface area contributed by atoms with Gasteiger partial charge in [0, 0.05) is 37.5 Å². The number of H-pyrrole nitrogens is 1. The molecule has 0 spiro atoms. The van der Waals surface area contributed by atoms with Crippen LogP contribution in [0.3, 0.4) is 0 Å². The van der Waals surface area contributed by atoms with E-state index < -0.39 is 0 Å². The fourth-order valence-electron chi connectivity index (χ4n) is 3.23. The molecule has 122 valence electrons. The van der Waals surface area contributed by atoms with E-state index in [4.69, 9.17) is 0 Å². The average molecular weight is 311 g/mol. The first kappa shape index (κ1) is 15.8. The Morgan fingerprint density at radius 3 is 2.78 bits per heavy atom. The quantitative estimate of drug-likeness (QED) is 0.942. The molecule has 0 unspecified atom stereocenters. The normalized spacial score (nSPS) is 17.1. The van der Waals surface area contributed by atoms with Crippen molar-refractivity contribution in [3.63, 3.8) is 0 Å². The predicted octanol–water partition coefficient (Wildman–Crippen LogP) is 3.30. The minimum Gasteiger partial charge on any atom is -0.345 e. The Bertz CT molecular complexity index is 675. The molecule has 2 aromatic rings. The molecule has 1 atom stereocenters. The summed E-state index contributed by atoms with van der Waals surface area (Å²) in [5.74, 6) is 1.74. The molecule has 1 aromatic heterocycles. The van der Waals surface area contributed by atoms with Crippen LogP contribution in [0, 0.1) is 5.92 Å². The van der Waals surface area contributed by atoms with Crippen molar-refractivity contribution in [1.29, 1.82) is 0 Å². The zero-order valence-electron chi connectivity index (χ0n) is 14.2. The van der Waals surface area contributed by atoms with Gasteiger partial charge in [0.2, 0.25) is 5.91 Å². The van der Waals surface area contributed by atoms with E-state index in [9.17, 15) is 4.79 Å². The van der Waals surface area contributed by atoms with Gasteiger partial charge < -0.3 is 9.88 Å². The number of nitrogens with one attached hydrogen (secondary N) is 1. The van der Waals surface area contributed by atoms with Crippen molar-refractivity contribution in [3.8, 4) is 0 Å². The highest BCUT2D eigenvalue weighted by Gasteiger charge is 2.29. The highest BCUT2D eigenvalue weighted by atomic mass is 16.2. The van der Waals surface area contributed by atoms with E-state index in [1.165, 1.54) is 5.56 Å².